The van der Waals surface area contributed by atoms with Gasteiger partial charge in [0.1, 0.15) is 0 Å². The van der Waals surface area contributed by atoms with E-state index >= 15 is 0 Å². The van der Waals surface area contributed by atoms with Crippen LogP contribution in [0.3, 0.4) is 0 Å². The molecule has 0 fully saturated rings. The lowest BCUT2D eigenvalue weighted by Gasteiger charge is -2.07. The maximum absolute atomic E-state index is 5.20. The summed E-state index contributed by atoms with van der Waals surface area (Å²) >= 11 is 0. The summed E-state index contributed by atoms with van der Waals surface area (Å²) in [6, 6.07) is 5.79. The topological polar surface area (TPSA) is 18.5 Å². The second kappa shape index (κ2) is 5.25. The Labute approximate surface area is 90.8 Å². The van der Waals surface area contributed by atoms with Gasteiger partial charge in [0.25, 0.3) is 0 Å². The first-order valence-electron chi connectivity index (χ1n) is 4.73. The van der Waals surface area contributed by atoms with Gasteiger partial charge >= 0.3 is 0 Å². The Bertz CT molecular complexity index is 378. The first kappa shape index (κ1) is 11.4. The van der Waals surface area contributed by atoms with Crippen LogP contribution in [0.2, 0.25) is 0 Å². The van der Waals surface area contributed by atoms with E-state index in [4.69, 9.17) is 9.47 Å². The van der Waals surface area contributed by atoms with Crippen LogP contribution in [0.4, 0.5) is 0 Å². The van der Waals surface area contributed by atoms with E-state index in [1.54, 1.807) is 14.2 Å². The number of allylic oxidation sites excluding steroid dienone is 2. The molecule has 0 aliphatic rings. The first-order chi connectivity index (χ1) is 7.17. The zero-order valence-electron chi connectivity index (χ0n) is 9.41. The zero-order chi connectivity index (χ0) is 11.3. The van der Waals surface area contributed by atoms with Crippen LogP contribution >= 0.6 is 0 Å². The molecule has 0 aliphatic carbocycles. The summed E-state index contributed by atoms with van der Waals surface area (Å²) in [6.07, 6.45) is 3.95. The van der Waals surface area contributed by atoms with Crippen molar-refractivity contribution in [2.45, 2.75) is 6.92 Å². The Balaban J connectivity index is 2.97. The van der Waals surface area contributed by atoms with Gasteiger partial charge in [-0.3, -0.25) is 0 Å². The molecule has 0 bridgehead atoms. The third-order valence-electron chi connectivity index (χ3n) is 1.97. The molecule has 0 aromatic heterocycles. The molecule has 0 spiro atoms. The van der Waals surface area contributed by atoms with Crippen molar-refractivity contribution >= 4 is 6.08 Å². The van der Waals surface area contributed by atoms with Crippen LogP contribution in [0.25, 0.3) is 6.08 Å². The lowest BCUT2D eigenvalue weighted by molar-refractivity contribution is 0.355. The second-order valence-electron chi connectivity index (χ2n) is 3.29. The minimum Gasteiger partial charge on any atom is -0.493 e. The van der Waals surface area contributed by atoms with Gasteiger partial charge in [-0.05, 0) is 24.6 Å². The Morgan fingerprint density at radius 1 is 1.20 bits per heavy atom. The summed E-state index contributed by atoms with van der Waals surface area (Å²) in [5, 5.41) is 0. The van der Waals surface area contributed by atoms with Gasteiger partial charge in [0.15, 0.2) is 11.5 Å². The molecule has 0 heterocycles. The van der Waals surface area contributed by atoms with E-state index in [0.29, 0.717) is 0 Å². The highest BCUT2D eigenvalue weighted by Gasteiger charge is 2.02. The minimum atomic E-state index is 0.737. The third-order valence-corrected chi connectivity index (χ3v) is 1.97. The maximum atomic E-state index is 5.20. The molecule has 2 nitrogen and oxygen atoms in total. The van der Waals surface area contributed by atoms with Crippen molar-refractivity contribution in [1.29, 1.82) is 0 Å². The highest BCUT2D eigenvalue weighted by atomic mass is 16.5. The van der Waals surface area contributed by atoms with Gasteiger partial charge in [-0.2, -0.15) is 0 Å². The van der Waals surface area contributed by atoms with Crippen LogP contribution in [-0.2, 0) is 0 Å². The summed E-state index contributed by atoms with van der Waals surface area (Å²) in [7, 11) is 3.26. The van der Waals surface area contributed by atoms with E-state index in [-0.39, 0.29) is 0 Å². The normalized spacial score (nSPS) is 10.3. The fraction of sp³-hybridized carbons (Fsp3) is 0.231. The van der Waals surface area contributed by atoms with Gasteiger partial charge in [0, 0.05) is 0 Å². The van der Waals surface area contributed by atoms with E-state index in [1.165, 1.54) is 0 Å². The maximum Gasteiger partial charge on any atom is 0.161 e. The van der Waals surface area contributed by atoms with Crippen LogP contribution in [0.15, 0.2) is 36.4 Å². The minimum absolute atomic E-state index is 0.737. The molecule has 80 valence electrons. The molecule has 1 aromatic rings. The van der Waals surface area contributed by atoms with Crippen LogP contribution < -0.4 is 9.47 Å². The number of hydrogen-bond donors (Lipinski definition) is 0. The summed E-state index contributed by atoms with van der Waals surface area (Å²) < 4.78 is 10.4. The van der Waals surface area contributed by atoms with Crippen molar-refractivity contribution < 1.29 is 9.47 Å². The second-order valence-corrected chi connectivity index (χ2v) is 3.29. The van der Waals surface area contributed by atoms with Crippen molar-refractivity contribution in [3.63, 3.8) is 0 Å². The highest BCUT2D eigenvalue weighted by molar-refractivity contribution is 5.57. The van der Waals surface area contributed by atoms with Crippen molar-refractivity contribution in [3.8, 4) is 11.5 Å². The van der Waals surface area contributed by atoms with E-state index in [0.717, 1.165) is 22.6 Å². The Morgan fingerprint density at radius 2 is 1.87 bits per heavy atom. The first-order valence-corrected chi connectivity index (χ1v) is 4.73. The Hall–Kier alpha value is -1.70. The van der Waals surface area contributed by atoms with Crippen molar-refractivity contribution in [2.75, 3.05) is 14.2 Å². The van der Waals surface area contributed by atoms with Crippen LogP contribution in [0, 0.1) is 0 Å². The number of ether oxygens (including phenoxy) is 2. The molecule has 0 N–H and O–H groups in total. The SMILES string of the molecule is C=C(C)/C=C/c1ccc(OC)c(OC)c1. The van der Waals surface area contributed by atoms with Crippen LogP contribution in [0.1, 0.15) is 12.5 Å². The summed E-state index contributed by atoms with van der Waals surface area (Å²) in [6.45, 7) is 5.76. The molecule has 15 heavy (non-hydrogen) atoms. The van der Waals surface area contributed by atoms with Gasteiger partial charge in [0.05, 0.1) is 14.2 Å². The van der Waals surface area contributed by atoms with E-state index < -0.39 is 0 Å². The molecule has 0 atom stereocenters. The van der Waals surface area contributed by atoms with Gasteiger partial charge < -0.3 is 9.47 Å². The van der Waals surface area contributed by atoms with Gasteiger partial charge in [-0.25, -0.2) is 0 Å². The summed E-state index contributed by atoms with van der Waals surface area (Å²) in [5.41, 5.74) is 2.08. The molecular weight excluding hydrogens is 188 g/mol. The Kier molecular flexibility index (Phi) is 3.98. The molecular formula is C13H16O2. The number of benzene rings is 1. The smallest absolute Gasteiger partial charge is 0.161 e. The highest BCUT2D eigenvalue weighted by Crippen LogP contribution is 2.27. The molecule has 0 aliphatic heterocycles. The summed E-state index contributed by atoms with van der Waals surface area (Å²) in [4.78, 5) is 0. The average Bonchev–Trinajstić information content (AvgIpc) is 2.25. The van der Waals surface area contributed by atoms with Crippen LogP contribution in [-0.4, -0.2) is 14.2 Å². The molecule has 0 unspecified atom stereocenters. The molecule has 0 amide bonds. The lowest BCUT2D eigenvalue weighted by Crippen LogP contribution is -1.90. The van der Waals surface area contributed by atoms with Crippen LogP contribution in [0.5, 0.6) is 11.5 Å². The fourth-order valence-electron chi connectivity index (χ4n) is 1.19. The van der Waals surface area contributed by atoms with E-state index in [1.807, 2.05) is 37.3 Å². The van der Waals surface area contributed by atoms with E-state index in [9.17, 15) is 0 Å². The predicted molar refractivity (Wildman–Crippen MR) is 63.4 cm³/mol. The fourth-order valence-corrected chi connectivity index (χ4v) is 1.19. The van der Waals surface area contributed by atoms with Gasteiger partial charge in [0.2, 0.25) is 0 Å². The van der Waals surface area contributed by atoms with Crippen molar-refractivity contribution in [3.05, 3.63) is 42.0 Å². The number of methoxy groups -OCH3 is 2. The molecule has 1 aromatic carbocycles. The number of rotatable bonds is 4. The Morgan fingerprint density at radius 3 is 2.40 bits per heavy atom. The van der Waals surface area contributed by atoms with Gasteiger partial charge in [-0.1, -0.05) is 30.4 Å². The van der Waals surface area contributed by atoms with E-state index in [2.05, 4.69) is 6.58 Å². The quantitative estimate of drug-likeness (QED) is 0.701. The van der Waals surface area contributed by atoms with Gasteiger partial charge in [-0.15, -0.1) is 0 Å². The average molecular weight is 204 g/mol. The molecule has 2 heteroatoms. The molecule has 0 saturated heterocycles. The number of hydrogen-bond acceptors (Lipinski definition) is 2. The molecule has 0 saturated carbocycles. The molecule has 0 radical (unpaired) electrons. The predicted octanol–water partition coefficient (Wildman–Crippen LogP) is 3.29. The largest absolute Gasteiger partial charge is 0.493 e. The molecule has 1 rings (SSSR count). The summed E-state index contributed by atoms with van der Waals surface area (Å²) in [5.74, 6) is 1.48. The standard InChI is InChI=1S/C13H16O2/c1-10(2)5-6-11-7-8-12(14-3)13(9-11)15-4/h5-9H,1H2,2-4H3/b6-5+. The van der Waals surface area contributed by atoms with Crippen molar-refractivity contribution in [1.82, 2.24) is 0 Å². The zero-order valence-corrected chi connectivity index (χ0v) is 9.41. The lowest BCUT2D eigenvalue weighted by atomic mass is 10.1. The van der Waals surface area contributed by atoms with Crippen molar-refractivity contribution in [2.24, 2.45) is 0 Å². The monoisotopic (exact) mass is 204 g/mol. The third kappa shape index (κ3) is 3.17.